The second-order valence-corrected chi connectivity index (χ2v) is 7.05. The highest BCUT2D eigenvalue weighted by molar-refractivity contribution is 6.05. The molecule has 30 heavy (non-hydrogen) atoms. The second-order valence-electron chi connectivity index (χ2n) is 7.05. The Bertz CT molecular complexity index is 1160. The molecule has 0 unspecified atom stereocenters. The first-order chi connectivity index (χ1) is 14.5. The summed E-state index contributed by atoms with van der Waals surface area (Å²) in [6, 6.07) is 20.0. The van der Waals surface area contributed by atoms with Gasteiger partial charge in [-0.25, -0.2) is 4.98 Å². The molecule has 0 fully saturated rings. The molecule has 4 rings (SSSR count). The van der Waals surface area contributed by atoms with Crippen molar-refractivity contribution in [3.63, 3.8) is 0 Å². The number of methoxy groups -OCH3 is 1. The number of carbonyl (C=O) groups is 1. The molecule has 0 aliphatic heterocycles. The molecule has 6 nitrogen and oxygen atoms in total. The van der Waals surface area contributed by atoms with Gasteiger partial charge < -0.3 is 19.2 Å². The topological polar surface area (TPSA) is 73.6 Å². The molecule has 0 radical (unpaired) electrons. The maximum absolute atomic E-state index is 12.8. The first-order valence-corrected chi connectivity index (χ1v) is 9.65. The molecule has 1 N–H and O–H groups in total. The Hall–Kier alpha value is -3.80. The summed E-state index contributed by atoms with van der Waals surface area (Å²) in [4.78, 5) is 17.4. The lowest BCUT2D eigenvalue weighted by atomic mass is 10.1. The van der Waals surface area contributed by atoms with Crippen LogP contribution >= 0.6 is 0 Å². The highest BCUT2D eigenvalue weighted by atomic mass is 16.5. The van der Waals surface area contributed by atoms with Crippen molar-refractivity contribution in [1.29, 1.82) is 0 Å². The average molecular weight is 402 g/mol. The van der Waals surface area contributed by atoms with Crippen molar-refractivity contribution in [3.05, 3.63) is 72.3 Å². The quantitative estimate of drug-likeness (QED) is 0.458. The van der Waals surface area contributed by atoms with E-state index < -0.39 is 0 Å². The minimum atomic E-state index is -0.266. The monoisotopic (exact) mass is 402 g/mol. The summed E-state index contributed by atoms with van der Waals surface area (Å²) in [6.07, 6.45) is 0.0244. The summed E-state index contributed by atoms with van der Waals surface area (Å²) in [5.41, 5.74) is 3.23. The first-order valence-electron chi connectivity index (χ1n) is 9.65. The van der Waals surface area contributed by atoms with Gasteiger partial charge in [0.25, 0.3) is 5.91 Å². The predicted octanol–water partition coefficient (Wildman–Crippen LogP) is 5.54. The fourth-order valence-corrected chi connectivity index (χ4v) is 3.11. The van der Waals surface area contributed by atoms with Crippen LogP contribution < -0.4 is 14.8 Å². The number of benzene rings is 3. The van der Waals surface area contributed by atoms with Gasteiger partial charge in [-0.05, 0) is 62.4 Å². The Morgan fingerprint density at radius 1 is 1.03 bits per heavy atom. The standard InChI is InChI=1S/C24H22N2O4/c1-15(2)29-18-8-6-7-16(13-18)23(27)25-20-14-17(11-12-21(20)28-3)24-26-19-9-4-5-10-22(19)30-24/h4-15H,1-3H3,(H,25,27). The van der Waals surface area contributed by atoms with Gasteiger partial charge >= 0.3 is 0 Å². The number of carbonyl (C=O) groups excluding carboxylic acids is 1. The number of para-hydroxylation sites is 2. The van der Waals surface area contributed by atoms with Crippen LogP contribution in [0.25, 0.3) is 22.6 Å². The minimum Gasteiger partial charge on any atom is -0.495 e. The number of hydrogen-bond acceptors (Lipinski definition) is 5. The number of ether oxygens (including phenoxy) is 2. The van der Waals surface area contributed by atoms with Gasteiger partial charge in [-0.2, -0.15) is 0 Å². The molecular weight excluding hydrogens is 380 g/mol. The number of nitrogens with one attached hydrogen (secondary N) is 1. The van der Waals surface area contributed by atoms with Crippen molar-refractivity contribution in [3.8, 4) is 23.0 Å². The van der Waals surface area contributed by atoms with Gasteiger partial charge in [0.15, 0.2) is 5.58 Å². The highest BCUT2D eigenvalue weighted by Gasteiger charge is 2.15. The summed E-state index contributed by atoms with van der Waals surface area (Å²) in [5, 5.41) is 2.91. The second kappa shape index (κ2) is 8.29. The van der Waals surface area contributed by atoms with Gasteiger partial charge in [-0.15, -0.1) is 0 Å². The number of rotatable bonds is 6. The molecule has 1 heterocycles. The summed E-state index contributed by atoms with van der Waals surface area (Å²) >= 11 is 0. The van der Waals surface area contributed by atoms with Gasteiger partial charge in [0, 0.05) is 11.1 Å². The molecule has 0 saturated carbocycles. The third-order valence-electron chi connectivity index (χ3n) is 4.46. The van der Waals surface area contributed by atoms with Crippen molar-refractivity contribution >= 4 is 22.7 Å². The van der Waals surface area contributed by atoms with Crippen LogP contribution in [0.4, 0.5) is 5.69 Å². The lowest BCUT2D eigenvalue weighted by molar-refractivity contribution is 0.102. The number of hydrogen-bond donors (Lipinski definition) is 1. The Morgan fingerprint density at radius 3 is 2.63 bits per heavy atom. The van der Waals surface area contributed by atoms with Crippen LogP contribution in [0.5, 0.6) is 11.5 Å². The molecule has 0 bridgehead atoms. The molecule has 1 amide bonds. The maximum Gasteiger partial charge on any atom is 0.255 e. The smallest absolute Gasteiger partial charge is 0.255 e. The molecule has 0 aliphatic carbocycles. The van der Waals surface area contributed by atoms with E-state index in [-0.39, 0.29) is 12.0 Å². The van der Waals surface area contributed by atoms with Crippen molar-refractivity contribution < 1.29 is 18.7 Å². The fourth-order valence-electron chi connectivity index (χ4n) is 3.11. The number of aromatic nitrogens is 1. The lowest BCUT2D eigenvalue weighted by Gasteiger charge is -2.13. The van der Waals surface area contributed by atoms with Crippen molar-refractivity contribution in [1.82, 2.24) is 4.98 Å². The predicted molar refractivity (Wildman–Crippen MR) is 116 cm³/mol. The van der Waals surface area contributed by atoms with Gasteiger partial charge in [-0.1, -0.05) is 18.2 Å². The van der Waals surface area contributed by atoms with E-state index in [9.17, 15) is 4.79 Å². The van der Waals surface area contributed by atoms with E-state index in [1.807, 2.05) is 50.2 Å². The number of fused-ring (bicyclic) bond motifs is 1. The van der Waals surface area contributed by atoms with Gasteiger partial charge in [0.2, 0.25) is 5.89 Å². The fraction of sp³-hybridized carbons (Fsp3) is 0.167. The van der Waals surface area contributed by atoms with E-state index in [2.05, 4.69) is 10.3 Å². The van der Waals surface area contributed by atoms with Crippen LogP contribution in [0.15, 0.2) is 71.1 Å². The van der Waals surface area contributed by atoms with E-state index in [4.69, 9.17) is 13.9 Å². The van der Waals surface area contributed by atoms with Crippen LogP contribution in [0.2, 0.25) is 0 Å². The highest BCUT2D eigenvalue weighted by Crippen LogP contribution is 2.32. The third-order valence-corrected chi connectivity index (χ3v) is 4.46. The van der Waals surface area contributed by atoms with Crippen LogP contribution in [0.3, 0.4) is 0 Å². The van der Waals surface area contributed by atoms with E-state index >= 15 is 0 Å². The zero-order chi connectivity index (χ0) is 21.1. The Morgan fingerprint density at radius 2 is 1.87 bits per heavy atom. The van der Waals surface area contributed by atoms with Gasteiger partial charge in [0.1, 0.15) is 17.0 Å². The Labute approximate surface area is 174 Å². The van der Waals surface area contributed by atoms with E-state index in [1.165, 1.54) is 0 Å². The molecule has 0 aliphatic rings. The first kappa shape index (κ1) is 19.5. The Kier molecular flexibility index (Phi) is 5.39. The van der Waals surface area contributed by atoms with Gasteiger partial charge in [-0.3, -0.25) is 4.79 Å². The summed E-state index contributed by atoms with van der Waals surface area (Å²) in [7, 11) is 1.56. The molecule has 6 heteroatoms. The van der Waals surface area contributed by atoms with Crippen LogP contribution in [-0.2, 0) is 0 Å². The summed E-state index contributed by atoms with van der Waals surface area (Å²) in [6.45, 7) is 3.88. The zero-order valence-electron chi connectivity index (χ0n) is 17.0. The molecule has 152 valence electrons. The van der Waals surface area contributed by atoms with E-state index in [0.717, 1.165) is 11.1 Å². The molecule has 3 aromatic carbocycles. The van der Waals surface area contributed by atoms with Gasteiger partial charge in [0.05, 0.1) is 18.9 Å². The number of nitrogens with zero attached hydrogens (tertiary/aromatic N) is 1. The molecule has 0 atom stereocenters. The molecule has 0 saturated heterocycles. The van der Waals surface area contributed by atoms with E-state index in [0.29, 0.717) is 34.2 Å². The number of amides is 1. The van der Waals surface area contributed by atoms with Crippen LogP contribution in [-0.4, -0.2) is 24.1 Å². The molecule has 1 aromatic heterocycles. The van der Waals surface area contributed by atoms with Crippen molar-refractivity contribution in [2.45, 2.75) is 20.0 Å². The number of oxazole rings is 1. The summed E-state index contributed by atoms with van der Waals surface area (Å²) < 4.78 is 16.9. The molecular formula is C24H22N2O4. The van der Waals surface area contributed by atoms with Crippen LogP contribution in [0, 0.1) is 0 Å². The average Bonchev–Trinajstić information content (AvgIpc) is 3.18. The van der Waals surface area contributed by atoms with Crippen molar-refractivity contribution in [2.24, 2.45) is 0 Å². The normalized spacial score (nSPS) is 10.9. The Balaban J connectivity index is 1.63. The third kappa shape index (κ3) is 4.12. The maximum atomic E-state index is 12.8. The zero-order valence-corrected chi connectivity index (χ0v) is 17.0. The summed E-state index contributed by atoms with van der Waals surface area (Å²) in [5.74, 6) is 1.39. The van der Waals surface area contributed by atoms with Crippen LogP contribution in [0.1, 0.15) is 24.2 Å². The molecule has 4 aromatic rings. The SMILES string of the molecule is COc1ccc(-c2nc3ccccc3o2)cc1NC(=O)c1cccc(OC(C)C)c1. The van der Waals surface area contributed by atoms with E-state index in [1.54, 1.807) is 37.4 Å². The van der Waals surface area contributed by atoms with Crippen molar-refractivity contribution in [2.75, 3.05) is 12.4 Å². The number of anilines is 1. The minimum absolute atomic E-state index is 0.0244. The lowest BCUT2D eigenvalue weighted by Crippen LogP contribution is -2.13. The largest absolute Gasteiger partial charge is 0.495 e. The molecule has 0 spiro atoms.